The fourth-order valence-corrected chi connectivity index (χ4v) is 1.84. The lowest BCUT2D eigenvalue weighted by Gasteiger charge is -2.10. The van der Waals surface area contributed by atoms with Crippen LogP contribution in [0.25, 0.3) is 0 Å². The molecule has 0 spiro atoms. The van der Waals surface area contributed by atoms with Crippen molar-refractivity contribution in [2.24, 2.45) is 11.7 Å². The summed E-state index contributed by atoms with van der Waals surface area (Å²) in [5, 5.41) is 2.62. The molecule has 0 radical (unpaired) electrons. The number of hydrogen-bond acceptors (Lipinski definition) is 4. The summed E-state index contributed by atoms with van der Waals surface area (Å²) in [6.07, 6.45) is 1.12. The molecule has 0 aliphatic carbocycles. The summed E-state index contributed by atoms with van der Waals surface area (Å²) in [6.45, 7) is 1.95. The molecule has 1 rings (SSSR count). The minimum Gasteiger partial charge on any atom is -0.330 e. The van der Waals surface area contributed by atoms with E-state index in [9.17, 15) is 13.2 Å². The number of nitrogens with two attached hydrogens (primary N) is 1. The maximum Gasteiger partial charge on any atom is 0.228 e. The molecule has 0 fully saturated rings. The number of sulfone groups is 1. The standard InChI is InChI=1S/C11H16N2O3S/c1-8(7-12)11(14)13-9-4-3-5-10(6-9)17(2,15)16/h3-6,8H,7,12H2,1-2H3,(H,13,14). The molecule has 6 heteroatoms. The first-order valence-corrected chi connectivity index (χ1v) is 7.05. The topological polar surface area (TPSA) is 89.3 Å². The summed E-state index contributed by atoms with van der Waals surface area (Å²) >= 11 is 0. The van der Waals surface area contributed by atoms with E-state index in [0.29, 0.717) is 5.69 Å². The second-order valence-electron chi connectivity index (χ2n) is 3.93. The van der Waals surface area contributed by atoms with Gasteiger partial charge in [-0.3, -0.25) is 4.79 Å². The number of rotatable bonds is 4. The normalized spacial score (nSPS) is 13.1. The Morgan fingerprint density at radius 1 is 1.47 bits per heavy atom. The van der Waals surface area contributed by atoms with Crippen molar-refractivity contribution < 1.29 is 13.2 Å². The van der Waals surface area contributed by atoms with Gasteiger partial charge in [-0.25, -0.2) is 8.42 Å². The molecule has 94 valence electrons. The Kier molecular flexibility index (Phi) is 4.25. The summed E-state index contributed by atoms with van der Waals surface area (Å²) in [5.74, 6) is -0.532. The van der Waals surface area contributed by atoms with Crippen LogP contribution in [0.3, 0.4) is 0 Å². The zero-order chi connectivity index (χ0) is 13.1. The van der Waals surface area contributed by atoms with E-state index in [1.807, 2.05) is 0 Å². The van der Waals surface area contributed by atoms with Crippen molar-refractivity contribution >= 4 is 21.4 Å². The molecular weight excluding hydrogens is 240 g/mol. The largest absolute Gasteiger partial charge is 0.330 e. The zero-order valence-corrected chi connectivity index (χ0v) is 10.6. The first-order valence-electron chi connectivity index (χ1n) is 5.15. The van der Waals surface area contributed by atoms with Gasteiger partial charge in [-0.05, 0) is 18.2 Å². The minimum atomic E-state index is -3.26. The first kappa shape index (κ1) is 13.7. The quantitative estimate of drug-likeness (QED) is 0.826. The van der Waals surface area contributed by atoms with E-state index in [4.69, 9.17) is 5.73 Å². The van der Waals surface area contributed by atoms with Gasteiger partial charge in [0.05, 0.1) is 4.90 Å². The highest BCUT2D eigenvalue weighted by atomic mass is 32.2. The third-order valence-corrected chi connectivity index (χ3v) is 3.44. The Balaban J connectivity index is 2.91. The summed E-state index contributed by atoms with van der Waals surface area (Å²) in [4.78, 5) is 11.7. The molecule has 0 bridgehead atoms. The van der Waals surface area contributed by atoms with Gasteiger partial charge in [0.1, 0.15) is 0 Å². The van der Waals surface area contributed by atoms with Gasteiger partial charge >= 0.3 is 0 Å². The maximum atomic E-state index is 11.6. The van der Waals surface area contributed by atoms with Crippen LogP contribution in [-0.2, 0) is 14.6 Å². The molecule has 17 heavy (non-hydrogen) atoms. The lowest BCUT2D eigenvalue weighted by atomic mass is 10.1. The molecule has 3 N–H and O–H groups in total. The molecule has 5 nitrogen and oxygen atoms in total. The number of carbonyl (C=O) groups excluding carboxylic acids is 1. The van der Waals surface area contributed by atoms with Crippen LogP contribution < -0.4 is 11.1 Å². The molecule has 0 saturated heterocycles. The van der Waals surface area contributed by atoms with Gasteiger partial charge in [0.25, 0.3) is 0 Å². The van der Waals surface area contributed by atoms with Gasteiger partial charge in [-0.1, -0.05) is 13.0 Å². The number of carbonyl (C=O) groups is 1. The average Bonchev–Trinajstić information content (AvgIpc) is 2.27. The first-order chi connectivity index (χ1) is 7.84. The Morgan fingerprint density at radius 2 is 2.12 bits per heavy atom. The second kappa shape index (κ2) is 5.29. The van der Waals surface area contributed by atoms with E-state index < -0.39 is 9.84 Å². The molecule has 1 atom stereocenters. The van der Waals surface area contributed by atoms with Gasteiger partial charge in [0, 0.05) is 24.4 Å². The van der Waals surface area contributed by atoms with Gasteiger partial charge < -0.3 is 11.1 Å². The highest BCUT2D eigenvalue weighted by Gasteiger charge is 2.12. The van der Waals surface area contributed by atoms with Crippen LogP contribution >= 0.6 is 0 Å². The van der Waals surface area contributed by atoms with E-state index in [1.54, 1.807) is 19.1 Å². The number of amides is 1. The van der Waals surface area contributed by atoms with Crippen LogP contribution in [0.2, 0.25) is 0 Å². The SMILES string of the molecule is CC(CN)C(=O)Nc1cccc(S(C)(=O)=O)c1. The van der Waals surface area contributed by atoms with Gasteiger partial charge in [0.2, 0.25) is 5.91 Å². The monoisotopic (exact) mass is 256 g/mol. The molecule has 1 aromatic rings. The molecule has 0 heterocycles. The van der Waals surface area contributed by atoms with Crippen LogP contribution in [0.4, 0.5) is 5.69 Å². The predicted molar refractivity (Wildman–Crippen MR) is 66.4 cm³/mol. The van der Waals surface area contributed by atoms with Crippen LogP contribution in [0.5, 0.6) is 0 Å². The molecule has 1 amide bonds. The lowest BCUT2D eigenvalue weighted by molar-refractivity contribution is -0.119. The molecule has 1 aromatic carbocycles. The summed E-state index contributed by atoms with van der Waals surface area (Å²) in [7, 11) is -3.26. The summed E-state index contributed by atoms with van der Waals surface area (Å²) in [6, 6.07) is 6.13. The van der Waals surface area contributed by atoms with Crippen LogP contribution in [-0.4, -0.2) is 27.1 Å². The van der Waals surface area contributed by atoms with E-state index in [1.165, 1.54) is 12.1 Å². The highest BCUT2D eigenvalue weighted by Crippen LogP contribution is 2.15. The van der Waals surface area contributed by atoms with E-state index in [2.05, 4.69) is 5.32 Å². The summed E-state index contributed by atoms with van der Waals surface area (Å²) < 4.78 is 22.7. The molecule has 0 saturated carbocycles. The number of benzene rings is 1. The van der Waals surface area contributed by atoms with Gasteiger partial charge in [-0.2, -0.15) is 0 Å². The van der Waals surface area contributed by atoms with Crippen molar-refractivity contribution in [3.05, 3.63) is 24.3 Å². The van der Waals surface area contributed by atoms with Crippen molar-refractivity contribution in [1.82, 2.24) is 0 Å². The van der Waals surface area contributed by atoms with Crippen molar-refractivity contribution in [2.75, 3.05) is 18.1 Å². The van der Waals surface area contributed by atoms with Crippen LogP contribution in [0, 0.1) is 5.92 Å². The third-order valence-electron chi connectivity index (χ3n) is 2.33. The van der Waals surface area contributed by atoms with Gasteiger partial charge in [0.15, 0.2) is 9.84 Å². The van der Waals surface area contributed by atoms with E-state index in [0.717, 1.165) is 6.26 Å². The zero-order valence-electron chi connectivity index (χ0n) is 9.80. The molecular formula is C11H16N2O3S. The van der Waals surface area contributed by atoms with Crippen molar-refractivity contribution in [2.45, 2.75) is 11.8 Å². The predicted octanol–water partition coefficient (Wildman–Crippen LogP) is 0.623. The Labute approximate surface area is 101 Å². The van der Waals surface area contributed by atoms with Crippen LogP contribution in [0.15, 0.2) is 29.2 Å². The molecule has 1 unspecified atom stereocenters. The van der Waals surface area contributed by atoms with Gasteiger partial charge in [-0.15, -0.1) is 0 Å². The lowest BCUT2D eigenvalue weighted by Crippen LogP contribution is -2.26. The third kappa shape index (κ3) is 3.83. The minimum absolute atomic E-state index is 0.177. The second-order valence-corrected chi connectivity index (χ2v) is 5.94. The fraction of sp³-hybridized carbons (Fsp3) is 0.364. The Bertz CT molecular complexity index is 511. The molecule has 0 aliphatic heterocycles. The number of hydrogen-bond donors (Lipinski definition) is 2. The maximum absolute atomic E-state index is 11.6. The van der Waals surface area contributed by atoms with Crippen molar-refractivity contribution in [3.8, 4) is 0 Å². The van der Waals surface area contributed by atoms with E-state index >= 15 is 0 Å². The smallest absolute Gasteiger partial charge is 0.228 e. The van der Waals surface area contributed by atoms with Crippen LogP contribution in [0.1, 0.15) is 6.92 Å². The van der Waals surface area contributed by atoms with Crippen molar-refractivity contribution in [1.29, 1.82) is 0 Å². The Morgan fingerprint density at radius 3 is 2.65 bits per heavy atom. The van der Waals surface area contributed by atoms with Crippen molar-refractivity contribution in [3.63, 3.8) is 0 Å². The summed E-state index contributed by atoms with van der Waals surface area (Å²) in [5.41, 5.74) is 5.83. The fourth-order valence-electron chi connectivity index (χ4n) is 1.18. The Hall–Kier alpha value is -1.40. The number of anilines is 1. The average molecular weight is 256 g/mol. The molecule has 0 aliphatic rings. The molecule has 0 aromatic heterocycles. The van der Waals surface area contributed by atoms with E-state index in [-0.39, 0.29) is 23.3 Å². The number of nitrogens with one attached hydrogen (secondary N) is 1. The highest BCUT2D eigenvalue weighted by molar-refractivity contribution is 7.90.